The van der Waals surface area contributed by atoms with Gasteiger partial charge in [-0.1, -0.05) is 0 Å². The van der Waals surface area contributed by atoms with Crippen molar-refractivity contribution in [1.29, 1.82) is 0 Å². The molecule has 2 heterocycles. The zero-order valence-electron chi connectivity index (χ0n) is 13.8. The standard InChI is InChI=1S/C17H24N2O4/c1-12-16(22)15(13(10-20)7-18-12)9-19(17(2,3)11-21)8-14-5-4-6-23-14/h4-7,20-22H,8-11H2,1-3H3. The smallest absolute Gasteiger partial charge is 0.141 e. The molecule has 0 saturated heterocycles. The molecule has 0 aliphatic carbocycles. The molecular weight excluding hydrogens is 296 g/mol. The Morgan fingerprint density at radius 3 is 2.57 bits per heavy atom. The highest BCUT2D eigenvalue weighted by Gasteiger charge is 2.28. The lowest BCUT2D eigenvalue weighted by Crippen LogP contribution is -2.45. The van der Waals surface area contributed by atoms with Gasteiger partial charge in [0.2, 0.25) is 0 Å². The maximum atomic E-state index is 10.3. The first-order valence-electron chi connectivity index (χ1n) is 7.54. The molecule has 0 unspecified atom stereocenters. The van der Waals surface area contributed by atoms with Crippen LogP contribution in [-0.2, 0) is 19.7 Å². The summed E-state index contributed by atoms with van der Waals surface area (Å²) in [6.45, 7) is 6.14. The van der Waals surface area contributed by atoms with Crippen LogP contribution >= 0.6 is 0 Å². The molecule has 0 fully saturated rings. The summed E-state index contributed by atoms with van der Waals surface area (Å²) in [5.41, 5.74) is 1.18. The Labute approximate surface area is 136 Å². The monoisotopic (exact) mass is 320 g/mol. The van der Waals surface area contributed by atoms with Gasteiger partial charge >= 0.3 is 0 Å². The molecule has 0 aliphatic rings. The molecule has 6 nitrogen and oxygen atoms in total. The number of aliphatic hydroxyl groups excluding tert-OH is 2. The van der Waals surface area contributed by atoms with Crippen LogP contribution < -0.4 is 0 Å². The van der Waals surface area contributed by atoms with E-state index in [1.807, 2.05) is 30.9 Å². The number of nitrogens with zero attached hydrogens (tertiary/aromatic N) is 2. The van der Waals surface area contributed by atoms with Crippen molar-refractivity contribution in [1.82, 2.24) is 9.88 Å². The molecule has 0 radical (unpaired) electrons. The van der Waals surface area contributed by atoms with E-state index in [0.717, 1.165) is 5.76 Å². The van der Waals surface area contributed by atoms with E-state index in [2.05, 4.69) is 4.98 Å². The largest absolute Gasteiger partial charge is 0.506 e. The van der Waals surface area contributed by atoms with E-state index in [4.69, 9.17) is 4.42 Å². The number of aryl methyl sites for hydroxylation is 1. The highest BCUT2D eigenvalue weighted by molar-refractivity contribution is 5.40. The van der Waals surface area contributed by atoms with Gasteiger partial charge in [0, 0.05) is 29.4 Å². The minimum absolute atomic E-state index is 0.0486. The number of pyridine rings is 1. The quantitative estimate of drug-likeness (QED) is 0.722. The Morgan fingerprint density at radius 1 is 1.26 bits per heavy atom. The first-order valence-corrected chi connectivity index (χ1v) is 7.54. The molecule has 6 heteroatoms. The van der Waals surface area contributed by atoms with Crippen molar-refractivity contribution in [2.75, 3.05) is 6.61 Å². The molecule has 0 aromatic carbocycles. The molecule has 2 aromatic rings. The number of aromatic hydroxyl groups is 1. The van der Waals surface area contributed by atoms with E-state index in [-0.39, 0.29) is 19.0 Å². The second-order valence-corrected chi connectivity index (χ2v) is 6.26. The number of hydrogen-bond acceptors (Lipinski definition) is 6. The van der Waals surface area contributed by atoms with Crippen LogP contribution in [0.1, 0.15) is 36.4 Å². The Hall–Kier alpha value is -1.89. The van der Waals surface area contributed by atoms with Crippen LogP contribution in [0.5, 0.6) is 5.75 Å². The summed E-state index contributed by atoms with van der Waals surface area (Å²) in [6, 6.07) is 3.68. The fraction of sp³-hybridized carbons (Fsp3) is 0.471. The van der Waals surface area contributed by atoms with Crippen molar-refractivity contribution in [3.63, 3.8) is 0 Å². The van der Waals surface area contributed by atoms with Crippen molar-refractivity contribution in [3.8, 4) is 5.75 Å². The molecule has 2 rings (SSSR count). The maximum absolute atomic E-state index is 10.3. The van der Waals surface area contributed by atoms with Gasteiger partial charge in [-0.25, -0.2) is 0 Å². The Balaban J connectivity index is 2.36. The van der Waals surface area contributed by atoms with Crippen LogP contribution in [0.25, 0.3) is 0 Å². The molecule has 0 saturated carbocycles. The van der Waals surface area contributed by atoms with Gasteiger partial charge in [-0.05, 0) is 32.9 Å². The predicted octanol–water partition coefficient (Wildman–Crippen LogP) is 1.95. The van der Waals surface area contributed by atoms with E-state index in [1.54, 1.807) is 19.4 Å². The normalized spacial score (nSPS) is 12.1. The van der Waals surface area contributed by atoms with Gasteiger partial charge in [0.15, 0.2) is 0 Å². The van der Waals surface area contributed by atoms with Crippen molar-refractivity contribution in [2.45, 2.75) is 46.0 Å². The molecule has 0 aliphatic heterocycles. The Bertz CT molecular complexity index is 638. The summed E-state index contributed by atoms with van der Waals surface area (Å²) >= 11 is 0. The minimum Gasteiger partial charge on any atom is -0.506 e. The highest BCUT2D eigenvalue weighted by Crippen LogP contribution is 2.29. The van der Waals surface area contributed by atoms with Crippen LogP contribution in [-0.4, -0.2) is 37.3 Å². The second-order valence-electron chi connectivity index (χ2n) is 6.26. The summed E-state index contributed by atoms with van der Waals surface area (Å²) in [5, 5.41) is 29.6. The number of furan rings is 1. The van der Waals surface area contributed by atoms with E-state index in [0.29, 0.717) is 29.9 Å². The molecule has 2 aromatic heterocycles. The van der Waals surface area contributed by atoms with Gasteiger partial charge in [0.1, 0.15) is 11.5 Å². The summed E-state index contributed by atoms with van der Waals surface area (Å²) in [6.07, 6.45) is 3.17. The van der Waals surface area contributed by atoms with Gasteiger partial charge < -0.3 is 19.7 Å². The maximum Gasteiger partial charge on any atom is 0.141 e. The number of rotatable bonds is 7. The van der Waals surface area contributed by atoms with Crippen LogP contribution in [0.4, 0.5) is 0 Å². The van der Waals surface area contributed by atoms with E-state index in [1.165, 1.54) is 0 Å². The van der Waals surface area contributed by atoms with Crippen LogP contribution in [0, 0.1) is 6.92 Å². The molecule has 0 atom stereocenters. The second kappa shape index (κ2) is 7.12. The molecule has 3 N–H and O–H groups in total. The van der Waals surface area contributed by atoms with Crippen molar-refractivity contribution >= 4 is 0 Å². The average Bonchev–Trinajstić information content (AvgIpc) is 3.04. The summed E-state index contributed by atoms with van der Waals surface area (Å²) in [7, 11) is 0. The third kappa shape index (κ3) is 3.90. The molecular formula is C17H24N2O4. The van der Waals surface area contributed by atoms with Crippen molar-refractivity contribution in [2.24, 2.45) is 0 Å². The van der Waals surface area contributed by atoms with Gasteiger partial charge in [-0.15, -0.1) is 0 Å². The lowest BCUT2D eigenvalue weighted by atomic mass is 10.0. The van der Waals surface area contributed by atoms with Crippen LogP contribution in [0.2, 0.25) is 0 Å². The average molecular weight is 320 g/mol. The number of aromatic nitrogens is 1. The third-order valence-electron chi connectivity index (χ3n) is 4.12. The summed E-state index contributed by atoms with van der Waals surface area (Å²) in [4.78, 5) is 6.08. The molecule has 23 heavy (non-hydrogen) atoms. The zero-order valence-corrected chi connectivity index (χ0v) is 13.8. The van der Waals surface area contributed by atoms with Gasteiger partial charge in [0.05, 0.1) is 31.7 Å². The molecule has 126 valence electrons. The van der Waals surface area contributed by atoms with Crippen molar-refractivity contribution < 1.29 is 19.7 Å². The fourth-order valence-corrected chi connectivity index (χ4v) is 2.36. The van der Waals surface area contributed by atoms with Crippen LogP contribution in [0.3, 0.4) is 0 Å². The summed E-state index contributed by atoms with van der Waals surface area (Å²) < 4.78 is 5.40. The molecule has 0 amide bonds. The Kier molecular flexibility index (Phi) is 5.41. The van der Waals surface area contributed by atoms with Gasteiger partial charge in [-0.2, -0.15) is 0 Å². The SMILES string of the molecule is Cc1ncc(CO)c(CN(Cc2ccco2)C(C)(C)CO)c1O. The topological polar surface area (TPSA) is 90.0 Å². The van der Waals surface area contributed by atoms with E-state index >= 15 is 0 Å². The van der Waals surface area contributed by atoms with Gasteiger partial charge in [-0.3, -0.25) is 9.88 Å². The predicted molar refractivity (Wildman–Crippen MR) is 85.7 cm³/mol. The Morgan fingerprint density at radius 2 is 2.00 bits per heavy atom. The summed E-state index contributed by atoms with van der Waals surface area (Å²) in [5.74, 6) is 0.845. The lowest BCUT2D eigenvalue weighted by molar-refractivity contribution is 0.0378. The lowest BCUT2D eigenvalue weighted by Gasteiger charge is -2.37. The molecule has 0 bridgehead atoms. The third-order valence-corrected chi connectivity index (χ3v) is 4.12. The number of hydrogen-bond donors (Lipinski definition) is 3. The van der Waals surface area contributed by atoms with E-state index in [9.17, 15) is 15.3 Å². The zero-order chi connectivity index (χ0) is 17.0. The number of aliphatic hydroxyl groups is 2. The first-order chi connectivity index (χ1) is 10.9. The minimum atomic E-state index is -0.525. The fourth-order valence-electron chi connectivity index (χ4n) is 2.36. The van der Waals surface area contributed by atoms with Crippen molar-refractivity contribution in [3.05, 3.63) is 47.2 Å². The van der Waals surface area contributed by atoms with Crippen LogP contribution in [0.15, 0.2) is 29.0 Å². The van der Waals surface area contributed by atoms with E-state index < -0.39 is 5.54 Å². The molecule has 0 spiro atoms. The highest BCUT2D eigenvalue weighted by atomic mass is 16.3. The first kappa shape index (κ1) is 17.5. The van der Waals surface area contributed by atoms with Gasteiger partial charge in [0.25, 0.3) is 0 Å².